The summed E-state index contributed by atoms with van der Waals surface area (Å²) in [7, 11) is 0. The van der Waals surface area contributed by atoms with Crippen molar-refractivity contribution in [2.75, 3.05) is 13.1 Å². The Morgan fingerprint density at radius 2 is 1.90 bits per heavy atom. The lowest BCUT2D eigenvalue weighted by atomic mass is 9.98. The summed E-state index contributed by atoms with van der Waals surface area (Å²) in [4.78, 5) is 17.2. The molecule has 0 bridgehead atoms. The first-order chi connectivity index (χ1) is 9.34. The van der Waals surface area contributed by atoms with Gasteiger partial charge >= 0.3 is 5.97 Å². The third-order valence-electron chi connectivity index (χ3n) is 3.26. The molecule has 0 saturated carbocycles. The van der Waals surface area contributed by atoms with Crippen LogP contribution in [0.3, 0.4) is 0 Å². The third kappa shape index (κ3) is 3.97. The van der Waals surface area contributed by atoms with Gasteiger partial charge in [0.1, 0.15) is 11.9 Å². The molecule has 0 aliphatic carbocycles. The molecule has 4 heteroatoms. The Balaban J connectivity index is 1.83. The van der Waals surface area contributed by atoms with Gasteiger partial charge in [0, 0.05) is 13.0 Å². The first kappa shape index (κ1) is 14.9. The maximum Gasteiger partial charge on any atom is 0.330 e. The van der Waals surface area contributed by atoms with E-state index in [1.807, 2.05) is 52.0 Å². The summed E-state index contributed by atoms with van der Waals surface area (Å²) in [5.74, 6) is 0.665. The standard InChI is InChI=1S/C16H23NO3/c1-12-5-7-13(8-6-12)19-14-9-10-17(11-14)20-15(18)16(2,3)4/h5-8,14H,9-11H2,1-4H3/t14-/m0/s1. The van der Waals surface area contributed by atoms with Gasteiger partial charge < -0.3 is 9.57 Å². The van der Waals surface area contributed by atoms with Gasteiger partial charge in [0.15, 0.2) is 0 Å². The van der Waals surface area contributed by atoms with Crippen LogP contribution in [-0.2, 0) is 9.63 Å². The number of carbonyl (C=O) groups is 1. The number of rotatable bonds is 3. The fraction of sp³-hybridized carbons (Fsp3) is 0.562. The molecular weight excluding hydrogens is 254 g/mol. The zero-order valence-electron chi connectivity index (χ0n) is 12.7. The molecule has 2 rings (SSSR count). The Kier molecular flexibility index (Phi) is 4.33. The molecule has 1 aliphatic heterocycles. The van der Waals surface area contributed by atoms with Crippen LogP contribution >= 0.6 is 0 Å². The van der Waals surface area contributed by atoms with Gasteiger partial charge in [-0.1, -0.05) is 17.7 Å². The second kappa shape index (κ2) is 5.83. The number of nitrogens with zero attached hydrogens (tertiary/aromatic N) is 1. The van der Waals surface area contributed by atoms with Crippen LogP contribution in [-0.4, -0.2) is 30.2 Å². The highest BCUT2D eigenvalue weighted by molar-refractivity contribution is 5.75. The number of carbonyl (C=O) groups excluding carboxylic acids is 1. The molecule has 1 aliphatic rings. The highest BCUT2D eigenvalue weighted by Gasteiger charge is 2.31. The molecule has 0 amide bonds. The molecule has 0 unspecified atom stereocenters. The number of hydroxylamine groups is 2. The van der Waals surface area contributed by atoms with E-state index >= 15 is 0 Å². The predicted octanol–water partition coefficient (Wildman–Crippen LogP) is 2.95. The molecule has 4 nitrogen and oxygen atoms in total. The fourth-order valence-electron chi connectivity index (χ4n) is 1.94. The van der Waals surface area contributed by atoms with Crippen LogP contribution in [0.4, 0.5) is 0 Å². The number of ether oxygens (including phenoxy) is 1. The molecule has 1 atom stereocenters. The lowest BCUT2D eigenvalue weighted by Gasteiger charge is -2.22. The Labute approximate surface area is 120 Å². The molecule has 1 aromatic rings. The van der Waals surface area contributed by atoms with E-state index in [4.69, 9.17) is 9.57 Å². The number of hydrogen-bond donors (Lipinski definition) is 0. The minimum atomic E-state index is -0.476. The summed E-state index contributed by atoms with van der Waals surface area (Å²) in [6.45, 7) is 8.95. The molecular formula is C16H23NO3. The number of hydrogen-bond acceptors (Lipinski definition) is 4. The van der Waals surface area contributed by atoms with E-state index in [1.165, 1.54) is 5.56 Å². The summed E-state index contributed by atoms with van der Waals surface area (Å²) in [5, 5.41) is 1.70. The monoisotopic (exact) mass is 277 g/mol. The largest absolute Gasteiger partial charge is 0.489 e. The molecule has 0 aromatic heterocycles. The van der Waals surface area contributed by atoms with Crippen molar-refractivity contribution in [1.82, 2.24) is 5.06 Å². The van der Waals surface area contributed by atoms with E-state index in [0.717, 1.165) is 18.7 Å². The van der Waals surface area contributed by atoms with Crippen LogP contribution in [0.2, 0.25) is 0 Å². The lowest BCUT2D eigenvalue weighted by Crippen LogP contribution is -2.33. The van der Waals surface area contributed by atoms with Gasteiger partial charge in [-0.2, -0.15) is 0 Å². The SMILES string of the molecule is Cc1ccc(O[C@H]2CCN(OC(=O)C(C)(C)C)C2)cc1. The lowest BCUT2D eigenvalue weighted by molar-refractivity contribution is -0.196. The topological polar surface area (TPSA) is 38.8 Å². The zero-order valence-corrected chi connectivity index (χ0v) is 12.7. The molecule has 0 radical (unpaired) electrons. The average molecular weight is 277 g/mol. The van der Waals surface area contributed by atoms with E-state index in [2.05, 4.69) is 0 Å². The minimum Gasteiger partial charge on any atom is -0.489 e. The van der Waals surface area contributed by atoms with Gasteiger partial charge in [0.05, 0.1) is 12.0 Å². The van der Waals surface area contributed by atoms with Crippen LogP contribution in [0.5, 0.6) is 5.75 Å². The van der Waals surface area contributed by atoms with Crippen molar-refractivity contribution >= 4 is 5.97 Å². The van der Waals surface area contributed by atoms with Crippen molar-refractivity contribution in [1.29, 1.82) is 0 Å². The van der Waals surface area contributed by atoms with Gasteiger partial charge in [-0.15, -0.1) is 5.06 Å². The molecule has 20 heavy (non-hydrogen) atoms. The van der Waals surface area contributed by atoms with E-state index in [0.29, 0.717) is 6.54 Å². The van der Waals surface area contributed by atoms with Crippen LogP contribution in [0.1, 0.15) is 32.8 Å². The van der Waals surface area contributed by atoms with Gasteiger partial charge in [-0.3, -0.25) is 0 Å². The summed E-state index contributed by atoms with van der Waals surface area (Å²) in [6, 6.07) is 8.00. The minimum absolute atomic E-state index is 0.0745. The van der Waals surface area contributed by atoms with E-state index in [-0.39, 0.29) is 12.1 Å². The summed E-state index contributed by atoms with van der Waals surface area (Å²) in [6.07, 6.45) is 0.941. The van der Waals surface area contributed by atoms with Crippen LogP contribution in [0, 0.1) is 12.3 Å². The molecule has 110 valence electrons. The Morgan fingerprint density at radius 1 is 1.25 bits per heavy atom. The maximum atomic E-state index is 11.8. The quantitative estimate of drug-likeness (QED) is 0.851. The van der Waals surface area contributed by atoms with Crippen molar-refractivity contribution in [3.05, 3.63) is 29.8 Å². The van der Waals surface area contributed by atoms with Crippen molar-refractivity contribution in [3.8, 4) is 5.75 Å². The van der Waals surface area contributed by atoms with Crippen LogP contribution in [0.25, 0.3) is 0 Å². The van der Waals surface area contributed by atoms with Gasteiger partial charge in [-0.25, -0.2) is 4.79 Å². The van der Waals surface area contributed by atoms with E-state index in [9.17, 15) is 4.79 Å². The van der Waals surface area contributed by atoms with Gasteiger partial charge in [0.2, 0.25) is 0 Å². The van der Waals surface area contributed by atoms with Gasteiger partial charge in [0.25, 0.3) is 0 Å². The van der Waals surface area contributed by atoms with Gasteiger partial charge in [-0.05, 0) is 39.8 Å². The Hall–Kier alpha value is -1.55. The highest BCUT2D eigenvalue weighted by atomic mass is 16.7. The molecule has 1 fully saturated rings. The normalized spacial score (nSPS) is 19.9. The molecule has 0 spiro atoms. The Bertz CT molecular complexity index is 462. The van der Waals surface area contributed by atoms with E-state index < -0.39 is 5.41 Å². The maximum absolute atomic E-state index is 11.8. The number of benzene rings is 1. The predicted molar refractivity (Wildman–Crippen MR) is 77.3 cm³/mol. The summed E-state index contributed by atoms with van der Waals surface area (Å²) < 4.78 is 5.89. The fourth-order valence-corrected chi connectivity index (χ4v) is 1.94. The smallest absolute Gasteiger partial charge is 0.330 e. The molecule has 0 N–H and O–H groups in total. The summed E-state index contributed by atoms with van der Waals surface area (Å²) >= 11 is 0. The van der Waals surface area contributed by atoms with Crippen LogP contribution in [0.15, 0.2) is 24.3 Å². The zero-order chi connectivity index (χ0) is 14.8. The summed E-state index contributed by atoms with van der Waals surface area (Å²) in [5.41, 5.74) is 0.736. The second-order valence-electron chi connectivity index (χ2n) is 6.36. The van der Waals surface area contributed by atoms with Crippen molar-refractivity contribution in [3.63, 3.8) is 0 Å². The van der Waals surface area contributed by atoms with Crippen LogP contribution < -0.4 is 4.74 Å². The molecule has 1 heterocycles. The van der Waals surface area contributed by atoms with E-state index in [1.54, 1.807) is 5.06 Å². The average Bonchev–Trinajstić information content (AvgIpc) is 2.78. The molecule has 1 saturated heterocycles. The first-order valence-electron chi connectivity index (χ1n) is 7.05. The van der Waals surface area contributed by atoms with Crippen molar-refractivity contribution in [2.45, 2.75) is 40.2 Å². The molecule has 1 aromatic carbocycles. The Morgan fingerprint density at radius 3 is 2.50 bits per heavy atom. The van der Waals surface area contributed by atoms with Crippen molar-refractivity contribution in [2.24, 2.45) is 5.41 Å². The third-order valence-corrected chi connectivity index (χ3v) is 3.26. The second-order valence-corrected chi connectivity index (χ2v) is 6.36. The first-order valence-corrected chi connectivity index (χ1v) is 7.05. The van der Waals surface area contributed by atoms with Crippen molar-refractivity contribution < 1.29 is 14.4 Å². The number of aryl methyl sites for hydroxylation is 1. The highest BCUT2D eigenvalue weighted by Crippen LogP contribution is 2.21.